The van der Waals surface area contributed by atoms with E-state index in [1.54, 1.807) is 0 Å². The molecule has 3 heteroatoms. The predicted octanol–water partition coefficient (Wildman–Crippen LogP) is 3.49. The van der Waals surface area contributed by atoms with E-state index in [4.69, 9.17) is 0 Å². The van der Waals surface area contributed by atoms with Crippen molar-refractivity contribution in [3.05, 3.63) is 28.7 Å². The summed E-state index contributed by atoms with van der Waals surface area (Å²) in [5.41, 5.74) is 1.24. The van der Waals surface area contributed by atoms with Gasteiger partial charge < -0.3 is 10.2 Å². The van der Waals surface area contributed by atoms with Crippen molar-refractivity contribution in [2.24, 2.45) is 0 Å². The molecule has 2 fully saturated rings. The Hall–Kier alpha value is -0.540. The normalized spacial score (nSPS) is 32.7. The van der Waals surface area contributed by atoms with E-state index in [1.165, 1.54) is 35.8 Å². The number of rotatable bonds is 2. The van der Waals surface area contributed by atoms with Crippen LogP contribution in [-0.2, 0) is 0 Å². The van der Waals surface area contributed by atoms with Gasteiger partial charge in [-0.1, -0.05) is 12.1 Å². The van der Waals surface area contributed by atoms with Crippen molar-refractivity contribution in [3.63, 3.8) is 0 Å². The highest BCUT2D eigenvalue weighted by atomic mass is 79.9. The van der Waals surface area contributed by atoms with Gasteiger partial charge in [0, 0.05) is 28.3 Å². The molecule has 2 aliphatic heterocycles. The van der Waals surface area contributed by atoms with Crippen LogP contribution in [0.2, 0.25) is 0 Å². The fourth-order valence-corrected chi connectivity index (χ4v) is 3.73. The highest BCUT2D eigenvalue weighted by molar-refractivity contribution is 9.10. The van der Waals surface area contributed by atoms with Gasteiger partial charge in [0.2, 0.25) is 0 Å². The molecular weight excluding hydrogens is 276 g/mol. The average Bonchev–Trinajstić information content (AvgIpc) is 2.55. The van der Waals surface area contributed by atoms with Gasteiger partial charge in [-0.25, -0.2) is 0 Å². The van der Waals surface area contributed by atoms with Crippen LogP contribution < -0.4 is 5.32 Å². The van der Waals surface area contributed by atoms with Crippen molar-refractivity contribution in [1.82, 2.24) is 4.90 Å². The second-order valence-corrected chi connectivity index (χ2v) is 6.20. The summed E-state index contributed by atoms with van der Waals surface area (Å²) in [4.78, 5) is 2.58. The zero-order chi connectivity index (χ0) is 11.8. The molecule has 2 bridgehead atoms. The first-order valence-electron chi connectivity index (χ1n) is 6.47. The third kappa shape index (κ3) is 2.23. The number of halogens is 1. The van der Waals surface area contributed by atoms with Gasteiger partial charge in [0.25, 0.3) is 0 Å². The molecule has 0 amide bonds. The van der Waals surface area contributed by atoms with Crippen molar-refractivity contribution in [2.75, 3.05) is 12.4 Å². The third-order valence-corrected chi connectivity index (χ3v) is 5.02. The van der Waals surface area contributed by atoms with E-state index in [0.717, 1.165) is 12.1 Å². The van der Waals surface area contributed by atoms with Gasteiger partial charge in [-0.3, -0.25) is 0 Å². The van der Waals surface area contributed by atoms with Crippen LogP contribution in [0.25, 0.3) is 0 Å². The van der Waals surface area contributed by atoms with Crippen LogP contribution in [0.15, 0.2) is 28.7 Å². The first-order valence-corrected chi connectivity index (χ1v) is 7.26. The Labute approximate surface area is 112 Å². The molecule has 0 aliphatic carbocycles. The van der Waals surface area contributed by atoms with Crippen LogP contribution in [-0.4, -0.2) is 30.1 Å². The number of para-hydroxylation sites is 1. The molecule has 0 radical (unpaired) electrons. The number of hydrogen-bond acceptors (Lipinski definition) is 2. The molecule has 2 saturated heterocycles. The van der Waals surface area contributed by atoms with E-state index < -0.39 is 0 Å². The quantitative estimate of drug-likeness (QED) is 0.898. The van der Waals surface area contributed by atoms with Crippen LogP contribution in [0.3, 0.4) is 0 Å². The molecule has 0 spiro atoms. The Morgan fingerprint density at radius 3 is 2.47 bits per heavy atom. The number of anilines is 1. The molecular formula is C14H19BrN2. The summed E-state index contributed by atoms with van der Waals surface area (Å²) in [5, 5.41) is 3.70. The third-order valence-electron chi connectivity index (χ3n) is 4.33. The first kappa shape index (κ1) is 11.5. The van der Waals surface area contributed by atoms with Crippen molar-refractivity contribution in [2.45, 2.75) is 43.8 Å². The minimum absolute atomic E-state index is 0.641. The van der Waals surface area contributed by atoms with Crippen LogP contribution in [0.1, 0.15) is 25.7 Å². The molecule has 1 unspecified atom stereocenters. The van der Waals surface area contributed by atoms with E-state index in [0.29, 0.717) is 6.04 Å². The minimum atomic E-state index is 0.641. The molecule has 2 heterocycles. The van der Waals surface area contributed by atoms with Crippen LogP contribution >= 0.6 is 15.9 Å². The zero-order valence-corrected chi connectivity index (χ0v) is 11.8. The molecule has 0 saturated carbocycles. The smallest absolute Gasteiger partial charge is 0.0486 e. The lowest BCUT2D eigenvalue weighted by atomic mass is 9.98. The Kier molecular flexibility index (Phi) is 3.14. The Morgan fingerprint density at radius 1 is 1.18 bits per heavy atom. The van der Waals surface area contributed by atoms with Crippen LogP contribution in [0.5, 0.6) is 0 Å². The number of hydrogen-bond donors (Lipinski definition) is 1. The minimum Gasteiger partial charge on any atom is -0.381 e. The highest BCUT2D eigenvalue weighted by Crippen LogP contribution is 2.36. The number of piperidine rings is 1. The molecule has 1 N–H and O–H groups in total. The lowest BCUT2D eigenvalue weighted by Gasteiger charge is -2.37. The second kappa shape index (κ2) is 4.62. The molecule has 1 aromatic rings. The largest absolute Gasteiger partial charge is 0.381 e. The average molecular weight is 295 g/mol. The molecule has 2 aliphatic rings. The van der Waals surface area contributed by atoms with E-state index in [-0.39, 0.29) is 0 Å². The predicted molar refractivity (Wildman–Crippen MR) is 75.4 cm³/mol. The molecule has 1 aromatic carbocycles. The van der Waals surface area contributed by atoms with Crippen molar-refractivity contribution < 1.29 is 0 Å². The summed E-state index contributed by atoms with van der Waals surface area (Å²) in [5.74, 6) is 0. The summed E-state index contributed by atoms with van der Waals surface area (Å²) in [7, 11) is 2.29. The monoisotopic (exact) mass is 294 g/mol. The van der Waals surface area contributed by atoms with E-state index in [1.807, 2.05) is 0 Å². The van der Waals surface area contributed by atoms with Gasteiger partial charge in [-0.05, 0) is 60.8 Å². The number of benzene rings is 1. The Bertz CT molecular complexity index is 393. The Balaban J connectivity index is 1.70. The number of fused-ring (bicyclic) bond motifs is 2. The topological polar surface area (TPSA) is 15.3 Å². The van der Waals surface area contributed by atoms with Crippen molar-refractivity contribution >= 4 is 21.6 Å². The second-order valence-electron chi connectivity index (χ2n) is 5.34. The van der Waals surface area contributed by atoms with Gasteiger partial charge >= 0.3 is 0 Å². The lowest BCUT2D eigenvalue weighted by molar-refractivity contribution is 0.169. The summed E-state index contributed by atoms with van der Waals surface area (Å²) in [6.45, 7) is 0. The van der Waals surface area contributed by atoms with Crippen LogP contribution in [0.4, 0.5) is 5.69 Å². The number of nitrogens with one attached hydrogen (secondary N) is 1. The van der Waals surface area contributed by atoms with Gasteiger partial charge in [0.1, 0.15) is 0 Å². The van der Waals surface area contributed by atoms with Crippen molar-refractivity contribution in [3.8, 4) is 0 Å². The summed E-state index contributed by atoms with van der Waals surface area (Å²) < 4.78 is 1.17. The standard InChI is InChI=1S/C14H19BrN2/c1-17-11-6-7-12(17)9-10(8-11)16-14-5-3-2-4-13(14)15/h2-5,10-12,16H,6-9H2,1H3/t10?,11-,12+. The van der Waals surface area contributed by atoms with E-state index in [9.17, 15) is 0 Å². The first-order chi connectivity index (χ1) is 8.24. The fourth-order valence-electron chi connectivity index (χ4n) is 3.33. The zero-order valence-electron chi connectivity index (χ0n) is 10.2. The number of nitrogens with zero attached hydrogens (tertiary/aromatic N) is 1. The molecule has 0 aromatic heterocycles. The summed E-state index contributed by atoms with van der Waals surface area (Å²) in [6, 6.07) is 10.7. The molecule has 92 valence electrons. The van der Waals surface area contributed by atoms with E-state index in [2.05, 4.69) is 57.5 Å². The molecule has 17 heavy (non-hydrogen) atoms. The van der Waals surface area contributed by atoms with Crippen LogP contribution in [0, 0.1) is 0 Å². The van der Waals surface area contributed by atoms with E-state index >= 15 is 0 Å². The Morgan fingerprint density at radius 2 is 1.82 bits per heavy atom. The maximum atomic E-state index is 3.70. The van der Waals surface area contributed by atoms with Gasteiger partial charge in [0.15, 0.2) is 0 Å². The van der Waals surface area contributed by atoms with Gasteiger partial charge in [-0.2, -0.15) is 0 Å². The van der Waals surface area contributed by atoms with Gasteiger partial charge in [0.05, 0.1) is 0 Å². The van der Waals surface area contributed by atoms with Crippen molar-refractivity contribution in [1.29, 1.82) is 0 Å². The molecule has 3 atom stereocenters. The summed E-state index contributed by atoms with van der Waals surface area (Å²) in [6.07, 6.45) is 5.34. The SMILES string of the molecule is CN1[C@@H]2CC[C@H]1CC(Nc1ccccc1Br)C2. The maximum absolute atomic E-state index is 3.70. The highest BCUT2D eigenvalue weighted by Gasteiger charge is 2.38. The molecule has 3 rings (SSSR count). The van der Waals surface area contributed by atoms with Gasteiger partial charge in [-0.15, -0.1) is 0 Å². The fraction of sp³-hybridized carbons (Fsp3) is 0.571. The summed E-state index contributed by atoms with van der Waals surface area (Å²) >= 11 is 3.61. The lowest BCUT2D eigenvalue weighted by Crippen LogP contribution is -2.44. The maximum Gasteiger partial charge on any atom is 0.0486 e. The molecule has 2 nitrogen and oxygen atoms in total.